The molecule has 0 spiro atoms. The molecule has 4 heteroatoms. The molecule has 0 bridgehead atoms. The van der Waals surface area contributed by atoms with Crippen molar-refractivity contribution in [1.29, 1.82) is 0 Å². The molecule has 0 amide bonds. The van der Waals surface area contributed by atoms with Crippen LogP contribution in [-0.2, 0) is 6.54 Å². The van der Waals surface area contributed by atoms with Crippen molar-refractivity contribution in [3.8, 4) is 0 Å². The summed E-state index contributed by atoms with van der Waals surface area (Å²) in [4.78, 5) is 11.7. The fourth-order valence-electron chi connectivity index (χ4n) is 1.63. The molecular formula is C13H13ClN2O. The van der Waals surface area contributed by atoms with Gasteiger partial charge in [0.05, 0.1) is 17.3 Å². The quantitative estimate of drug-likeness (QED) is 0.830. The van der Waals surface area contributed by atoms with Gasteiger partial charge in [-0.1, -0.05) is 17.7 Å². The Morgan fingerprint density at radius 3 is 2.71 bits per heavy atom. The van der Waals surface area contributed by atoms with Crippen LogP contribution in [0.2, 0.25) is 5.02 Å². The van der Waals surface area contributed by atoms with E-state index in [1.165, 1.54) is 0 Å². The second-order valence-electron chi connectivity index (χ2n) is 4.03. The zero-order valence-electron chi connectivity index (χ0n) is 9.48. The molecule has 0 aliphatic carbocycles. The lowest BCUT2D eigenvalue weighted by atomic mass is 10.2. The smallest absolute Gasteiger partial charge is 0.251 e. The molecule has 0 unspecified atom stereocenters. The van der Waals surface area contributed by atoms with Gasteiger partial charge in [0, 0.05) is 12.3 Å². The minimum Gasteiger partial charge on any atom is -0.398 e. The van der Waals surface area contributed by atoms with E-state index in [4.69, 9.17) is 17.3 Å². The summed E-state index contributed by atoms with van der Waals surface area (Å²) in [6, 6.07) is 8.91. The highest BCUT2D eigenvalue weighted by Crippen LogP contribution is 2.19. The van der Waals surface area contributed by atoms with Crippen molar-refractivity contribution in [3.63, 3.8) is 0 Å². The summed E-state index contributed by atoms with van der Waals surface area (Å²) >= 11 is 5.84. The molecular weight excluding hydrogens is 236 g/mol. The summed E-state index contributed by atoms with van der Waals surface area (Å²) < 4.78 is 1.63. The molecule has 3 nitrogen and oxygen atoms in total. The number of hydrogen-bond acceptors (Lipinski definition) is 2. The van der Waals surface area contributed by atoms with Crippen molar-refractivity contribution in [2.75, 3.05) is 5.73 Å². The van der Waals surface area contributed by atoms with E-state index in [9.17, 15) is 4.79 Å². The zero-order chi connectivity index (χ0) is 12.4. The number of halogens is 1. The van der Waals surface area contributed by atoms with Gasteiger partial charge in [0.1, 0.15) is 0 Å². The number of nitrogen functional groups attached to an aromatic ring is 1. The maximum atomic E-state index is 11.7. The van der Waals surface area contributed by atoms with E-state index >= 15 is 0 Å². The number of nitrogens with zero attached hydrogens (tertiary/aromatic N) is 1. The van der Waals surface area contributed by atoms with E-state index < -0.39 is 0 Å². The Bertz CT molecular complexity index is 605. The van der Waals surface area contributed by atoms with E-state index in [1.54, 1.807) is 29.0 Å². The molecule has 0 saturated carbocycles. The van der Waals surface area contributed by atoms with Gasteiger partial charge in [0.25, 0.3) is 5.56 Å². The topological polar surface area (TPSA) is 48.0 Å². The molecule has 0 atom stereocenters. The first kappa shape index (κ1) is 11.7. The maximum Gasteiger partial charge on any atom is 0.251 e. The molecule has 2 N–H and O–H groups in total. The lowest BCUT2D eigenvalue weighted by Crippen LogP contribution is -2.19. The van der Waals surface area contributed by atoms with E-state index in [1.807, 2.05) is 19.1 Å². The van der Waals surface area contributed by atoms with Gasteiger partial charge in [-0.15, -0.1) is 0 Å². The van der Waals surface area contributed by atoms with Crippen molar-refractivity contribution in [1.82, 2.24) is 4.57 Å². The molecule has 2 rings (SSSR count). The highest BCUT2D eigenvalue weighted by atomic mass is 35.5. The molecule has 1 aromatic heterocycles. The van der Waals surface area contributed by atoms with Gasteiger partial charge in [0.15, 0.2) is 0 Å². The highest BCUT2D eigenvalue weighted by Gasteiger charge is 2.01. The van der Waals surface area contributed by atoms with Crippen LogP contribution in [0.15, 0.2) is 41.3 Å². The standard InChI is InChI=1S/C13H13ClN2O/c1-9-4-5-16(13(17)6-9)8-10-2-3-11(14)12(15)7-10/h2-7H,8,15H2,1H3. The van der Waals surface area contributed by atoms with Crippen LogP contribution in [0.25, 0.3) is 0 Å². The van der Waals surface area contributed by atoms with Crippen LogP contribution in [0.1, 0.15) is 11.1 Å². The summed E-state index contributed by atoms with van der Waals surface area (Å²) in [5.74, 6) is 0. The van der Waals surface area contributed by atoms with Crippen molar-refractivity contribution in [2.45, 2.75) is 13.5 Å². The Labute approximate surface area is 104 Å². The monoisotopic (exact) mass is 248 g/mol. The summed E-state index contributed by atoms with van der Waals surface area (Å²) in [6.07, 6.45) is 1.78. The molecule has 0 radical (unpaired) electrons. The summed E-state index contributed by atoms with van der Waals surface area (Å²) in [5, 5.41) is 0.532. The number of rotatable bonds is 2. The second kappa shape index (κ2) is 4.63. The van der Waals surface area contributed by atoms with Crippen LogP contribution in [0.4, 0.5) is 5.69 Å². The number of benzene rings is 1. The molecule has 0 aliphatic heterocycles. The minimum atomic E-state index is -0.0153. The first-order valence-electron chi connectivity index (χ1n) is 5.27. The Morgan fingerprint density at radius 1 is 1.29 bits per heavy atom. The molecule has 88 valence electrons. The predicted octanol–water partition coefficient (Wildman–Crippen LogP) is 2.44. The summed E-state index contributed by atoms with van der Waals surface area (Å²) in [6.45, 7) is 2.40. The maximum absolute atomic E-state index is 11.7. The summed E-state index contributed by atoms with van der Waals surface area (Å²) in [5.41, 5.74) is 8.15. The molecule has 2 aromatic rings. The lowest BCUT2D eigenvalue weighted by molar-refractivity contribution is 0.757. The summed E-state index contributed by atoms with van der Waals surface area (Å²) in [7, 11) is 0. The third-order valence-electron chi connectivity index (χ3n) is 2.56. The Morgan fingerprint density at radius 2 is 2.06 bits per heavy atom. The van der Waals surface area contributed by atoms with E-state index in [-0.39, 0.29) is 5.56 Å². The first-order chi connectivity index (χ1) is 8.06. The van der Waals surface area contributed by atoms with Crippen molar-refractivity contribution >= 4 is 17.3 Å². The number of aryl methyl sites for hydroxylation is 1. The lowest BCUT2D eigenvalue weighted by Gasteiger charge is -2.07. The zero-order valence-corrected chi connectivity index (χ0v) is 10.2. The average molecular weight is 249 g/mol. The first-order valence-corrected chi connectivity index (χ1v) is 5.65. The number of anilines is 1. The van der Waals surface area contributed by atoms with Crippen LogP contribution < -0.4 is 11.3 Å². The number of nitrogens with two attached hydrogens (primary N) is 1. The van der Waals surface area contributed by atoms with Crippen LogP contribution in [0.3, 0.4) is 0 Å². The Hall–Kier alpha value is -1.74. The van der Waals surface area contributed by atoms with E-state index in [0.717, 1.165) is 11.1 Å². The van der Waals surface area contributed by atoms with Gasteiger partial charge >= 0.3 is 0 Å². The third-order valence-corrected chi connectivity index (χ3v) is 2.91. The van der Waals surface area contributed by atoms with Crippen molar-refractivity contribution in [2.24, 2.45) is 0 Å². The van der Waals surface area contributed by atoms with Gasteiger partial charge in [-0.25, -0.2) is 0 Å². The van der Waals surface area contributed by atoms with Gasteiger partial charge in [0.2, 0.25) is 0 Å². The Kier molecular flexibility index (Phi) is 3.20. The van der Waals surface area contributed by atoms with Gasteiger partial charge in [-0.3, -0.25) is 4.79 Å². The third kappa shape index (κ3) is 2.68. The molecule has 1 aromatic carbocycles. The van der Waals surface area contributed by atoms with Crippen LogP contribution in [-0.4, -0.2) is 4.57 Å². The molecule has 17 heavy (non-hydrogen) atoms. The van der Waals surface area contributed by atoms with Crippen molar-refractivity contribution in [3.05, 3.63) is 63.0 Å². The van der Waals surface area contributed by atoms with Gasteiger partial charge in [-0.2, -0.15) is 0 Å². The van der Waals surface area contributed by atoms with Crippen LogP contribution in [0, 0.1) is 6.92 Å². The second-order valence-corrected chi connectivity index (χ2v) is 4.43. The van der Waals surface area contributed by atoms with Crippen molar-refractivity contribution < 1.29 is 0 Å². The molecule has 0 saturated heterocycles. The minimum absolute atomic E-state index is 0.0153. The Balaban J connectivity index is 2.31. The molecule has 1 heterocycles. The van der Waals surface area contributed by atoms with Crippen LogP contribution >= 0.6 is 11.6 Å². The van der Waals surface area contributed by atoms with Gasteiger partial charge < -0.3 is 10.3 Å². The van der Waals surface area contributed by atoms with E-state index in [2.05, 4.69) is 0 Å². The normalized spacial score (nSPS) is 10.5. The average Bonchev–Trinajstić information content (AvgIpc) is 2.27. The fourth-order valence-corrected chi connectivity index (χ4v) is 1.74. The number of hydrogen-bond donors (Lipinski definition) is 1. The predicted molar refractivity (Wildman–Crippen MR) is 70.4 cm³/mol. The van der Waals surface area contributed by atoms with E-state index in [0.29, 0.717) is 17.3 Å². The molecule has 0 fully saturated rings. The number of pyridine rings is 1. The number of aromatic nitrogens is 1. The SMILES string of the molecule is Cc1ccn(Cc2ccc(Cl)c(N)c2)c(=O)c1. The van der Waals surface area contributed by atoms with Crippen LogP contribution in [0.5, 0.6) is 0 Å². The molecule has 0 aliphatic rings. The largest absolute Gasteiger partial charge is 0.398 e. The van der Waals surface area contributed by atoms with Gasteiger partial charge in [-0.05, 0) is 36.2 Å². The fraction of sp³-hybridized carbons (Fsp3) is 0.154. The highest BCUT2D eigenvalue weighted by molar-refractivity contribution is 6.33.